The molecule has 3 heterocycles. The number of urea groups is 1. The molecule has 0 bridgehead atoms. The predicted molar refractivity (Wildman–Crippen MR) is 92.4 cm³/mol. The maximum atomic E-state index is 12.0. The number of carbonyl (C=O) groups excluding carboxylic acids is 1. The van der Waals surface area contributed by atoms with Gasteiger partial charge >= 0.3 is 6.03 Å². The number of hydrogen-bond acceptors (Lipinski definition) is 6. The highest BCUT2D eigenvalue weighted by atomic mass is 35.5. The molecule has 2 N–H and O–H groups in total. The van der Waals surface area contributed by atoms with E-state index in [0.717, 1.165) is 31.1 Å². The van der Waals surface area contributed by atoms with Gasteiger partial charge in [0, 0.05) is 18.5 Å². The lowest BCUT2D eigenvalue weighted by Gasteiger charge is -2.25. The zero-order chi connectivity index (χ0) is 16.4. The fraction of sp³-hybridized carbons (Fsp3) is 0.692. The third kappa shape index (κ3) is 4.27. The van der Waals surface area contributed by atoms with Crippen molar-refractivity contribution >= 4 is 49.8 Å². The van der Waals surface area contributed by atoms with Gasteiger partial charge in [0.2, 0.25) is 0 Å². The van der Waals surface area contributed by atoms with Gasteiger partial charge in [0.1, 0.15) is 5.82 Å². The highest BCUT2D eigenvalue weighted by molar-refractivity contribution is 7.91. The number of piperidine rings is 1. The van der Waals surface area contributed by atoms with Crippen LogP contribution in [0.2, 0.25) is 0 Å². The van der Waals surface area contributed by atoms with E-state index in [9.17, 15) is 13.2 Å². The monoisotopic (exact) mass is 378 g/mol. The van der Waals surface area contributed by atoms with E-state index in [4.69, 9.17) is 11.6 Å². The largest absolute Gasteiger partial charge is 0.348 e. The molecule has 23 heavy (non-hydrogen) atoms. The van der Waals surface area contributed by atoms with Gasteiger partial charge in [-0.25, -0.2) is 18.2 Å². The summed E-state index contributed by atoms with van der Waals surface area (Å²) in [5, 5.41) is 7.35. The summed E-state index contributed by atoms with van der Waals surface area (Å²) in [6.07, 6.45) is 3.57. The molecule has 7 nitrogen and oxygen atoms in total. The summed E-state index contributed by atoms with van der Waals surface area (Å²) in [6.45, 7) is 1.99. The first-order valence-electron chi connectivity index (χ1n) is 7.55. The smallest absolute Gasteiger partial charge is 0.320 e. The predicted octanol–water partition coefficient (Wildman–Crippen LogP) is 1.66. The number of hydrogen-bond donors (Lipinski definition) is 2. The number of aromatic nitrogens is 1. The zero-order valence-corrected chi connectivity index (χ0v) is 14.9. The van der Waals surface area contributed by atoms with Crippen LogP contribution in [-0.4, -0.2) is 55.4 Å². The summed E-state index contributed by atoms with van der Waals surface area (Å²) in [5.41, 5.74) is 0. The molecule has 0 aliphatic carbocycles. The van der Waals surface area contributed by atoms with Crippen LogP contribution in [0.1, 0.15) is 19.3 Å². The molecular weight excluding hydrogens is 360 g/mol. The van der Waals surface area contributed by atoms with Crippen molar-refractivity contribution in [3.8, 4) is 0 Å². The number of sulfone groups is 1. The number of thiazole rings is 1. The lowest BCUT2D eigenvalue weighted by atomic mass is 10.1. The van der Waals surface area contributed by atoms with E-state index >= 15 is 0 Å². The molecule has 3 rings (SSSR count). The molecule has 0 spiro atoms. The van der Waals surface area contributed by atoms with Crippen LogP contribution in [0.5, 0.6) is 0 Å². The van der Waals surface area contributed by atoms with Crippen molar-refractivity contribution < 1.29 is 13.2 Å². The normalized spacial score (nSPS) is 26.9. The van der Waals surface area contributed by atoms with Crippen molar-refractivity contribution in [2.75, 3.05) is 34.8 Å². The number of nitrogens with zero attached hydrogens (tertiary/aromatic N) is 2. The first-order chi connectivity index (χ1) is 10.9. The summed E-state index contributed by atoms with van der Waals surface area (Å²) in [7, 11) is -3.17. The SMILES string of the molecule is O=C(Nc1csc(N2CCCCC2)n1)NC1CS(=O)(=O)CC1Cl. The van der Waals surface area contributed by atoms with Gasteiger partial charge in [0.05, 0.1) is 22.9 Å². The number of halogens is 1. The highest BCUT2D eigenvalue weighted by Crippen LogP contribution is 2.26. The molecule has 0 saturated carbocycles. The standard InChI is InChI=1S/C13H19ClN4O3S2/c14-9-7-23(20,21)8-10(9)15-12(19)16-11-6-22-13(17-11)18-4-2-1-3-5-18/h6,9-10H,1-5,7-8H2,(H2,15,16,19). The van der Waals surface area contributed by atoms with Crippen LogP contribution in [0, 0.1) is 0 Å². The fourth-order valence-electron chi connectivity index (χ4n) is 2.81. The Hall–Kier alpha value is -1.06. The average Bonchev–Trinajstić information content (AvgIpc) is 3.04. The van der Waals surface area contributed by atoms with Gasteiger partial charge in [-0.1, -0.05) is 0 Å². The van der Waals surface area contributed by atoms with Crippen LogP contribution in [-0.2, 0) is 9.84 Å². The van der Waals surface area contributed by atoms with Crippen molar-refractivity contribution in [1.29, 1.82) is 0 Å². The van der Waals surface area contributed by atoms with E-state index in [2.05, 4.69) is 20.5 Å². The highest BCUT2D eigenvalue weighted by Gasteiger charge is 2.37. The lowest BCUT2D eigenvalue weighted by Crippen LogP contribution is -2.43. The van der Waals surface area contributed by atoms with Crippen LogP contribution >= 0.6 is 22.9 Å². The summed E-state index contributed by atoms with van der Waals surface area (Å²) in [4.78, 5) is 18.6. The molecule has 2 unspecified atom stereocenters. The third-order valence-corrected chi connectivity index (χ3v) is 7.24. The molecule has 2 saturated heterocycles. The van der Waals surface area contributed by atoms with Crippen LogP contribution < -0.4 is 15.5 Å². The molecule has 2 amide bonds. The summed E-state index contributed by atoms with van der Waals surface area (Å²) < 4.78 is 23.0. The van der Waals surface area contributed by atoms with E-state index in [1.807, 2.05) is 0 Å². The van der Waals surface area contributed by atoms with Crippen LogP contribution in [0.4, 0.5) is 15.7 Å². The Balaban J connectivity index is 1.55. The number of anilines is 2. The van der Waals surface area contributed by atoms with Crippen LogP contribution in [0.3, 0.4) is 0 Å². The number of carbonyl (C=O) groups is 1. The van der Waals surface area contributed by atoms with Gasteiger partial charge < -0.3 is 10.2 Å². The van der Waals surface area contributed by atoms with Crippen molar-refractivity contribution in [3.63, 3.8) is 0 Å². The molecule has 2 aliphatic rings. The first-order valence-corrected chi connectivity index (χ1v) is 10.7. The maximum Gasteiger partial charge on any atom is 0.320 e. The number of alkyl halides is 1. The lowest BCUT2D eigenvalue weighted by molar-refractivity contribution is 0.249. The third-order valence-electron chi connectivity index (χ3n) is 3.96. The van der Waals surface area contributed by atoms with Gasteiger partial charge in [-0.3, -0.25) is 5.32 Å². The zero-order valence-electron chi connectivity index (χ0n) is 12.5. The van der Waals surface area contributed by atoms with E-state index in [-0.39, 0.29) is 11.5 Å². The Morgan fingerprint density at radius 2 is 2.04 bits per heavy atom. The van der Waals surface area contributed by atoms with E-state index in [1.54, 1.807) is 5.38 Å². The minimum absolute atomic E-state index is 0.102. The minimum atomic E-state index is -3.17. The van der Waals surface area contributed by atoms with Gasteiger partial charge in [-0.2, -0.15) is 0 Å². The van der Waals surface area contributed by atoms with Gasteiger partial charge in [-0.05, 0) is 19.3 Å². The van der Waals surface area contributed by atoms with Gasteiger partial charge in [0.25, 0.3) is 0 Å². The number of amides is 2. The Labute approximate surface area is 144 Å². The molecule has 0 radical (unpaired) electrons. The van der Waals surface area contributed by atoms with Gasteiger partial charge in [-0.15, -0.1) is 22.9 Å². The van der Waals surface area contributed by atoms with Crippen molar-refractivity contribution in [3.05, 3.63) is 5.38 Å². The van der Waals surface area contributed by atoms with Gasteiger partial charge in [0.15, 0.2) is 15.0 Å². The van der Waals surface area contributed by atoms with Crippen LogP contribution in [0.15, 0.2) is 5.38 Å². The molecule has 1 aromatic rings. The second-order valence-corrected chi connectivity index (χ2v) is 9.41. The molecule has 2 fully saturated rings. The average molecular weight is 379 g/mol. The Kier molecular flexibility index (Phi) is 4.98. The van der Waals surface area contributed by atoms with Crippen LogP contribution in [0.25, 0.3) is 0 Å². The Morgan fingerprint density at radius 3 is 2.70 bits per heavy atom. The van der Waals surface area contributed by atoms with Crippen molar-refractivity contribution in [2.24, 2.45) is 0 Å². The molecule has 2 aliphatic heterocycles. The Morgan fingerprint density at radius 1 is 1.30 bits per heavy atom. The van der Waals surface area contributed by atoms with Crippen molar-refractivity contribution in [2.45, 2.75) is 30.7 Å². The summed E-state index contributed by atoms with van der Waals surface area (Å²) in [5.74, 6) is 0.250. The number of rotatable bonds is 3. The van der Waals surface area contributed by atoms with Crippen molar-refractivity contribution in [1.82, 2.24) is 10.3 Å². The quantitative estimate of drug-likeness (QED) is 0.780. The maximum absolute atomic E-state index is 12.0. The Bertz CT molecular complexity index is 673. The topological polar surface area (TPSA) is 91.4 Å². The molecule has 2 atom stereocenters. The van der Waals surface area contributed by atoms with E-state index in [1.165, 1.54) is 17.8 Å². The fourth-order valence-corrected chi connectivity index (χ4v) is 6.17. The summed E-state index contributed by atoms with van der Waals surface area (Å²) in [6, 6.07) is -1.05. The number of nitrogens with one attached hydrogen (secondary N) is 2. The molecule has 128 valence electrons. The molecule has 0 aromatic carbocycles. The first kappa shape index (κ1) is 16.8. The second-order valence-electron chi connectivity index (χ2n) is 5.86. The molecular formula is C13H19ClN4O3S2. The van der Waals surface area contributed by atoms with E-state index < -0.39 is 27.3 Å². The van der Waals surface area contributed by atoms with E-state index in [0.29, 0.717) is 5.82 Å². The summed E-state index contributed by atoms with van der Waals surface area (Å²) >= 11 is 7.47. The minimum Gasteiger partial charge on any atom is -0.348 e. The second kappa shape index (κ2) is 6.82. The molecule has 10 heteroatoms. The molecule has 1 aromatic heterocycles.